The number of aryl methyl sites for hydroxylation is 2. The zero-order valence-electron chi connectivity index (χ0n) is 11.5. The normalized spacial score (nSPS) is 15.5. The molecule has 3 nitrogen and oxygen atoms in total. The van der Waals surface area contributed by atoms with Crippen LogP contribution >= 0.6 is 0 Å². The van der Waals surface area contributed by atoms with Gasteiger partial charge >= 0.3 is 0 Å². The Morgan fingerprint density at radius 3 is 2.84 bits per heavy atom. The van der Waals surface area contributed by atoms with Crippen molar-refractivity contribution in [2.45, 2.75) is 33.1 Å². The molecular formula is C16H19NO2. The third-order valence-corrected chi connectivity index (χ3v) is 4.07. The molecule has 1 aliphatic rings. The molecule has 1 saturated carbocycles. The molecule has 1 amide bonds. The maximum Gasteiger partial charge on any atom is 0.287 e. The van der Waals surface area contributed by atoms with Crippen molar-refractivity contribution in [2.75, 3.05) is 6.54 Å². The zero-order valence-corrected chi connectivity index (χ0v) is 11.5. The van der Waals surface area contributed by atoms with Gasteiger partial charge in [-0.1, -0.05) is 18.1 Å². The van der Waals surface area contributed by atoms with E-state index in [1.807, 2.05) is 26.0 Å². The number of furan rings is 1. The SMILES string of the molecule is Cc1ccc2oc(C(=O)NCC3CCC3)c(C)c2c1. The van der Waals surface area contributed by atoms with Crippen molar-refractivity contribution in [3.63, 3.8) is 0 Å². The van der Waals surface area contributed by atoms with E-state index in [1.165, 1.54) is 24.8 Å². The van der Waals surface area contributed by atoms with Crippen molar-refractivity contribution in [3.05, 3.63) is 35.1 Å². The van der Waals surface area contributed by atoms with Crippen molar-refractivity contribution in [1.29, 1.82) is 0 Å². The molecule has 1 fully saturated rings. The number of fused-ring (bicyclic) bond motifs is 1. The first kappa shape index (κ1) is 12.3. The standard InChI is InChI=1S/C16H19NO2/c1-10-6-7-14-13(8-10)11(2)15(19-14)16(18)17-9-12-4-3-5-12/h6-8,12H,3-5,9H2,1-2H3,(H,17,18). The van der Waals surface area contributed by atoms with Gasteiger partial charge in [0.05, 0.1) is 0 Å². The van der Waals surface area contributed by atoms with Crippen LogP contribution in [0.1, 0.15) is 40.9 Å². The molecule has 1 aliphatic carbocycles. The largest absolute Gasteiger partial charge is 0.451 e. The number of amides is 1. The molecular weight excluding hydrogens is 238 g/mol. The molecule has 0 saturated heterocycles. The molecule has 0 spiro atoms. The Balaban J connectivity index is 1.83. The van der Waals surface area contributed by atoms with E-state index in [-0.39, 0.29) is 5.91 Å². The Morgan fingerprint density at radius 2 is 2.16 bits per heavy atom. The molecule has 0 radical (unpaired) electrons. The Labute approximate surface area is 113 Å². The monoisotopic (exact) mass is 257 g/mol. The second-order valence-corrected chi connectivity index (χ2v) is 5.56. The van der Waals surface area contributed by atoms with E-state index < -0.39 is 0 Å². The van der Waals surface area contributed by atoms with Gasteiger partial charge in [0, 0.05) is 17.5 Å². The van der Waals surface area contributed by atoms with Crippen LogP contribution in [0.3, 0.4) is 0 Å². The fourth-order valence-corrected chi connectivity index (χ4v) is 2.57. The molecule has 19 heavy (non-hydrogen) atoms. The summed E-state index contributed by atoms with van der Waals surface area (Å²) >= 11 is 0. The summed E-state index contributed by atoms with van der Waals surface area (Å²) in [4.78, 5) is 12.2. The Morgan fingerprint density at radius 1 is 1.37 bits per heavy atom. The van der Waals surface area contributed by atoms with Gasteiger partial charge in [0.1, 0.15) is 5.58 Å². The molecule has 3 rings (SSSR count). The Hall–Kier alpha value is -1.77. The van der Waals surface area contributed by atoms with Crippen LogP contribution in [0.2, 0.25) is 0 Å². The smallest absolute Gasteiger partial charge is 0.287 e. The van der Waals surface area contributed by atoms with Gasteiger partial charge in [-0.25, -0.2) is 0 Å². The minimum Gasteiger partial charge on any atom is -0.451 e. The van der Waals surface area contributed by atoms with Gasteiger partial charge in [-0.2, -0.15) is 0 Å². The maximum absolute atomic E-state index is 12.2. The first-order chi connectivity index (χ1) is 9.15. The minimum atomic E-state index is -0.0850. The summed E-state index contributed by atoms with van der Waals surface area (Å²) in [6.07, 6.45) is 3.76. The highest BCUT2D eigenvalue weighted by Gasteiger charge is 2.21. The molecule has 1 aromatic carbocycles. The van der Waals surface area contributed by atoms with Gasteiger partial charge in [0.15, 0.2) is 5.76 Å². The van der Waals surface area contributed by atoms with Gasteiger partial charge in [0.2, 0.25) is 0 Å². The second-order valence-electron chi connectivity index (χ2n) is 5.56. The molecule has 0 unspecified atom stereocenters. The molecule has 2 aromatic rings. The lowest BCUT2D eigenvalue weighted by Gasteiger charge is -2.25. The molecule has 1 heterocycles. The Bertz CT molecular complexity index is 623. The lowest BCUT2D eigenvalue weighted by Crippen LogP contribution is -2.32. The van der Waals surface area contributed by atoms with Crippen LogP contribution < -0.4 is 5.32 Å². The molecule has 0 atom stereocenters. The average Bonchev–Trinajstić information content (AvgIpc) is 2.65. The third kappa shape index (κ3) is 2.25. The van der Waals surface area contributed by atoms with Crippen LogP contribution in [0, 0.1) is 19.8 Å². The molecule has 1 N–H and O–H groups in total. The van der Waals surface area contributed by atoms with E-state index in [0.29, 0.717) is 11.7 Å². The summed E-state index contributed by atoms with van der Waals surface area (Å²) in [6.45, 7) is 4.76. The zero-order chi connectivity index (χ0) is 13.4. The third-order valence-electron chi connectivity index (χ3n) is 4.07. The lowest BCUT2D eigenvalue weighted by atomic mass is 9.85. The summed E-state index contributed by atoms with van der Waals surface area (Å²) in [5, 5.41) is 4.02. The van der Waals surface area contributed by atoms with Crippen LogP contribution in [0.5, 0.6) is 0 Å². The van der Waals surface area contributed by atoms with Gasteiger partial charge in [0.25, 0.3) is 5.91 Å². The highest BCUT2D eigenvalue weighted by molar-refractivity contribution is 5.99. The van der Waals surface area contributed by atoms with Gasteiger partial charge in [-0.15, -0.1) is 0 Å². The van der Waals surface area contributed by atoms with Crippen LogP contribution in [0.4, 0.5) is 0 Å². The van der Waals surface area contributed by atoms with E-state index in [0.717, 1.165) is 23.1 Å². The summed E-state index contributed by atoms with van der Waals surface area (Å²) < 4.78 is 5.69. The number of hydrogen-bond donors (Lipinski definition) is 1. The van der Waals surface area contributed by atoms with Crippen molar-refractivity contribution in [2.24, 2.45) is 5.92 Å². The van der Waals surface area contributed by atoms with Gasteiger partial charge in [-0.05, 0) is 44.7 Å². The summed E-state index contributed by atoms with van der Waals surface area (Å²) in [6, 6.07) is 6.00. The van der Waals surface area contributed by atoms with Crippen LogP contribution in [-0.4, -0.2) is 12.5 Å². The van der Waals surface area contributed by atoms with Crippen molar-refractivity contribution >= 4 is 16.9 Å². The van der Waals surface area contributed by atoms with E-state index in [4.69, 9.17) is 4.42 Å². The van der Waals surface area contributed by atoms with Gasteiger partial charge in [-0.3, -0.25) is 4.79 Å². The van der Waals surface area contributed by atoms with E-state index in [2.05, 4.69) is 11.4 Å². The quantitative estimate of drug-likeness (QED) is 0.913. The predicted molar refractivity (Wildman–Crippen MR) is 75.4 cm³/mol. The van der Waals surface area contributed by atoms with Crippen LogP contribution in [0.25, 0.3) is 11.0 Å². The van der Waals surface area contributed by atoms with E-state index in [1.54, 1.807) is 0 Å². The van der Waals surface area contributed by atoms with E-state index >= 15 is 0 Å². The first-order valence-electron chi connectivity index (χ1n) is 6.93. The van der Waals surface area contributed by atoms with Crippen LogP contribution in [-0.2, 0) is 0 Å². The number of carbonyl (C=O) groups excluding carboxylic acids is 1. The predicted octanol–water partition coefficient (Wildman–Crippen LogP) is 3.58. The maximum atomic E-state index is 12.2. The summed E-state index contributed by atoms with van der Waals surface area (Å²) in [5.41, 5.74) is 2.90. The van der Waals surface area contributed by atoms with Crippen LogP contribution in [0.15, 0.2) is 22.6 Å². The number of benzene rings is 1. The average molecular weight is 257 g/mol. The molecule has 100 valence electrons. The fraction of sp³-hybridized carbons (Fsp3) is 0.438. The molecule has 0 aliphatic heterocycles. The van der Waals surface area contributed by atoms with Crippen molar-refractivity contribution < 1.29 is 9.21 Å². The van der Waals surface area contributed by atoms with Crippen molar-refractivity contribution in [1.82, 2.24) is 5.32 Å². The Kier molecular flexibility index (Phi) is 3.05. The second kappa shape index (κ2) is 4.72. The fourth-order valence-electron chi connectivity index (χ4n) is 2.57. The summed E-state index contributed by atoms with van der Waals surface area (Å²) in [7, 11) is 0. The molecule has 1 aromatic heterocycles. The highest BCUT2D eigenvalue weighted by Crippen LogP contribution is 2.27. The number of carbonyl (C=O) groups is 1. The topological polar surface area (TPSA) is 42.2 Å². The first-order valence-corrected chi connectivity index (χ1v) is 6.93. The number of rotatable bonds is 3. The minimum absolute atomic E-state index is 0.0850. The lowest BCUT2D eigenvalue weighted by molar-refractivity contribution is 0.0912. The summed E-state index contributed by atoms with van der Waals surface area (Å²) in [5.74, 6) is 1.04. The molecule has 3 heteroatoms. The van der Waals surface area contributed by atoms with Crippen molar-refractivity contribution in [3.8, 4) is 0 Å². The number of nitrogens with one attached hydrogen (secondary N) is 1. The highest BCUT2D eigenvalue weighted by atomic mass is 16.3. The van der Waals surface area contributed by atoms with E-state index in [9.17, 15) is 4.79 Å². The number of hydrogen-bond acceptors (Lipinski definition) is 2. The van der Waals surface area contributed by atoms with Gasteiger partial charge < -0.3 is 9.73 Å². The molecule has 0 bridgehead atoms.